The first-order valence-electron chi connectivity index (χ1n) is 4.58. The topological polar surface area (TPSA) is 80.6 Å². The molecule has 0 aliphatic heterocycles. The molecule has 0 spiro atoms. The lowest BCUT2D eigenvalue weighted by molar-refractivity contribution is -0.138. The maximum Gasteiger partial charge on any atom is 0.320 e. The number of hydrogen-bond donors (Lipinski definition) is 2. The van der Waals surface area contributed by atoms with E-state index in [9.17, 15) is 4.79 Å². The molecule has 0 amide bonds. The molecule has 2 rings (SSSR count). The number of aliphatic carboxylic acids is 1. The summed E-state index contributed by atoms with van der Waals surface area (Å²) in [5.41, 5.74) is 7.20. The van der Waals surface area contributed by atoms with Crippen LogP contribution in [0, 0.1) is 0 Å². The van der Waals surface area contributed by atoms with Crippen LogP contribution in [0.1, 0.15) is 5.69 Å². The number of nitrogens with zero attached hydrogens (tertiary/aromatic N) is 2. The van der Waals surface area contributed by atoms with Gasteiger partial charge in [-0.25, -0.2) is 4.52 Å². The monoisotopic (exact) mass is 205 g/mol. The highest BCUT2D eigenvalue weighted by Gasteiger charge is 2.13. The Hall–Kier alpha value is -1.88. The third-order valence-electron chi connectivity index (χ3n) is 2.25. The van der Waals surface area contributed by atoms with Crippen LogP contribution >= 0.6 is 0 Å². The smallest absolute Gasteiger partial charge is 0.320 e. The molecule has 0 saturated carbocycles. The van der Waals surface area contributed by atoms with Gasteiger partial charge >= 0.3 is 5.97 Å². The van der Waals surface area contributed by atoms with E-state index in [1.807, 2.05) is 24.3 Å². The third-order valence-corrected chi connectivity index (χ3v) is 2.25. The number of aromatic nitrogens is 2. The maximum absolute atomic E-state index is 10.6. The van der Waals surface area contributed by atoms with Crippen molar-refractivity contribution in [2.45, 2.75) is 12.5 Å². The molecule has 0 radical (unpaired) electrons. The molecule has 0 aliphatic carbocycles. The van der Waals surface area contributed by atoms with Gasteiger partial charge in [-0.3, -0.25) is 4.79 Å². The second-order valence-corrected chi connectivity index (χ2v) is 3.33. The zero-order valence-electron chi connectivity index (χ0n) is 8.00. The van der Waals surface area contributed by atoms with E-state index < -0.39 is 12.0 Å². The standard InChI is InChI=1S/C10H11N3O2/c11-9(10(14)15)6-8-3-1-2-7-4-5-12-13(7)8/h1-5,9H,6,11H2,(H,14,15). The second kappa shape index (κ2) is 3.70. The minimum atomic E-state index is -1.00. The Morgan fingerprint density at radius 2 is 2.33 bits per heavy atom. The second-order valence-electron chi connectivity index (χ2n) is 3.33. The molecule has 15 heavy (non-hydrogen) atoms. The van der Waals surface area contributed by atoms with Crippen molar-refractivity contribution < 1.29 is 9.90 Å². The van der Waals surface area contributed by atoms with Gasteiger partial charge in [0.15, 0.2) is 0 Å². The summed E-state index contributed by atoms with van der Waals surface area (Å²) in [5.74, 6) is -1.00. The van der Waals surface area contributed by atoms with Gasteiger partial charge < -0.3 is 10.8 Å². The molecule has 2 aromatic rings. The van der Waals surface area contributed by atoms with Crippen LogP contribution in [0.15, 0.2) is 30.5 Å². The fourth-order valence-electron chi connectivity index (χ4n) is 1.48. The molecule has 78 valence electrons. The average Bonchev–Trinajstić information content (AvgIpc) is 2.66. The molecule has 1 unspecified atom stereocenters. The summed E-state index contributed by atoms with van der Waals surface area (Å²) in [6, 6.07) is 6.56. The zero-order chi connectivity index (χ0) is 10.8. The summed E-state index contributed by atoms with van der Waals surface area (Å²) in [5, 5.41) is 12.8. The van der Waals surface area contributed by atoms with Gasteiger partial charge in [0.25, 0.3) is 0 Å². The Kier molecular flexibility index (Phi) is 2.39. The first-order chi connectivity index (χ1) is 7.18. The van der Waals surface area contributed by atoms with Crippen molar-refractivity contribution in [1.29, 1.82) is 0 Å². The molecular formula is C10H11N3O2. The Labute approximate surface area is 86.1 Å². The Balaban J connectivity index is 2.35. The molecule has 3 N–H and O–H groups in total. The third kappa shape index (κ3) is 1.82. The van der Waals surface area contributed by atoms with Gasteiger partial charge in [0.1, 0.15) is 6.04 Å². The SMILES string of the molecule is NC(Cc1cccc2ccnn12)C(=O)O. The van der Waals surface area contributed by atoms with Crippen molar-refractivity contribution in [3.05, 3.63) is 36.2 Å². The van der Waals surface area contributed by atoms with Crippen LogP contribution in [0.4, 0.5) is 0 Å². The summed E-state index contributed by atoms with van der Waals surface area (Å²) in [4.78, 5) is 10.6. The average molecular weight is 205 g/mol. The minimum absolute atomic E-state index is 0.272. The fourth-order valence-corrected chi connectivity index (χ4v) is 1.48. The van der Waals surface area contributed by atoms with E-state index in [0.29, 0.717) is 0 Å². The van der Waals surface area contributed by atoms with Crippen molar-refractivity contribution in [2.24, 2.45) is 5.73 Å². The maximum atomic E-state index is 10.6. The van der Waals surface area contributed by atoms with Crippen molar-refractivity contribution in [3.8, 4) is 0 Å². The summed E-state index contributed by atoms with van der Waals surface area (Å²) in [7, 11) is 0. The Bertz CT molecular complexity index is 492. The van der Waals surface area contributed by atoms with Gasteiger partial charge in [0.2, 0.25) is 0 Å². The predicted octanol–water partition coefficient (Wildman–Crippen LogP) is 0.289. The van der Waals surface area contributed by atoms with E-state index in [0.717, 1.165) is 11.2 Å². The molecule has 5 heteroatoms. The summed E-state index contributed by atoms with van der Waals surface area (Å²) >= 11 is 0. The first-order valence-corrected chi connectivity index (χ1v) is 4.58. The number of carboxylic acids is 1. The van der Waals surface area contributed by atoms with Crippen molar-refractivity contribution in [3.63, 3.8) is 0 Å². The van der Waals surface area contributed by atoms with Gasteiger partial charge in [-0.2, -0.15) is 5.10 Å². The van der Waals surface area contributed by atoms with Gasteiger partial charge in [0, 0.05) is 18.3 Å². The van der Waals surface area contributed by atoms with Crippen LogP contribution in [-0.4, -0.2) is 26.7 Å². The van der Waals surface area contributed by atoms with Crippen molar-refractivity contribution in [2.75, 3.05) is 0 Å². The number of fused-ring (bicyclic) bond motifs is 1. The molecule has 0 aromatic carbocycles. The highest BCUT2D eigenvalue weighted by Crippen LogP contribution is 2.07. The molecule has 0 aliphatic rings. The molecule has 0 saturated heterocycles. The van der Waals surface area contributed by atoms with Crippen LogP contribution in [-0.2, 0) is 11.2 Å². The molecule has 2 heterocycles. The highest BCUT2D eigenvalue weighted by atomic mass is 16.4. The lowest BCUT2D eigenvalue weighted by Crippen LogP contribution is -2.32. The number of carboxylic acid groups (broad SMARTS) is 1. The summed E-state index contributed by atoms with van der Waals surface area (Å²) in [6.45, 7) is 0. The van der Waals surface area contributed by atoms with Gasteiger partial charge in [-0.05, 0) is 18.2 Å². The molecule has 5 nitrogen and oxygen atoms in total. The van der Waals surface area contributed by atoms with Crippen molar-refractivity contribution in [1.82, 2.24) is 9.61 Å². The summed E-state index contributed by atoms with van der Waals surface area (Å²) in [6.07, 6.45) is 1.94. The van der Waals surface area contributed by atoms with Crippen LogP contribution < -0.4 is 5.73 Å². The minimum Gasteiger partial charge on any atom is -0.480 e. The normalized spacial score (nSPS) is 12.9. The molecule has 1 atom stereocenters. The van der Waals surface area contributed by atoms with E-state index in [4.69, 9.17) is 10.8 Å². The quantitative estimate of drug-likeness (QED) is 0.754. The van der Waals surface area contributed by atoms with E-state index in [1.54, 1.807) is 10.7 Å². The number of rotatable bonds is 3. The molecular weight excluding hydrogens is 194 g/mol. The Morgan fingerprint density at radius 1 is 1.53 bits per heavy atom. The van der Waals surface area contributed by atoms with Crippen LogP contribution in [0.5, 0.6) is 0 Å². The number of hydrogen-bond acceptors (Lipinski definition) is 3. The van der Waals surface area contributed by atoms with E-state index in [-0.39, 0.29) is 6.42 Å². The van der Waals surface area contributed by atoms with Crippen LogP contribution in [0.2, 0.25) is 0 Å². The van der Waals surface area contributed by atoms with E-state index in [1.165, 1.54) is 0 Å². The molecule has 2 aromatic heterocycles. The fraction of sp³-hybridized carbons (Fsp3) is 0.200. The van der Waals surface area contributed by atoms with Crippen LogP contribution in [0.3, 0.4) is 0 Å². The zero-order valence-corrected chi connectivity index (χ0v) is 8.00. The van der Waals surface area contributed by atoms with E-state index >= 15 is 0 Å². The predicted molar refractivity (Wildman–Crippen MR) is 54.5 cm³/mol. The Morgan fingerprint density at radius 3 is 3.07 bits per heavy atom. The lowest BCUT2D eigenvalue weighted by Gasteiger charge is -2.07. The van der Waals surface area contributed by atoms with Gasteiger partial charge in [-0.1, -0.05) is 6.07 Å². The number of carbonyl (C=O) groups is 1. The number of pyridine rings is 1. The molecule has 0 fully saturated rings. The molecule has 0 bridgehead atoms. The first kappa shape index (κ1) is 9.67. The largest absolute Gasteiger partial charge is 0.480 e. The van der Waals surface area contributed by atoms with Gasteiger partial charge in [0.05, 0.1) is 5.52 Å². The van der Waals surface area contributed by atoms with Crippen molar-refractivity contribution >= 4 is 11.5 Å². The van der Waals surface area contributed by atoms with E-state index in [2.05, 4.69) is 5.10 Å². The van der Waals surface area contributed by atoms with Gasteiger partial charge in [-0.15, -0.1) is 0 Å². The number of nitrogens with two attached hydrogens (primary N) is 1. The lowest BCUT2D eigenvalue weighted by atomic mass is 10.1. The van der Waals surface area contributed by atoms with Crippen LogP contribution in [0.25, 0.3) is 5.52 Å². The highest BCUT2D eigenvalue weighted by molar-refractivity contribution is 5.73. The summed E-state index contributed by atoms with van der Waals surface area (Å²) < 4.78 is 1.70.